The topological polar surface area (TPSA) is 63.3 Å². The van der Waals surface area contributed by atoms with Gasteiger partial charge in [-0.25, -0.2) is 18.6 Å². The first-order valence-electron chi connectivity index (χ1n) is 5.21. The number of oxazole rings is 1. The number of carbonyl (C=O) groups is 1. The van der Waals surface area contributed by atoms with Gasteiger partial charge in [0.2, 0.25) is 11.7 Å². The molecule has 6 heteroatoms. The van der Waals surface area contributed by atoms with Gasteiger partial charge in [0.1, 0.15) is 0 Å². The molecule has 0 saturated carbocycles. The van der Waals surface area contributed by atoms with Crippen molar-refractivity contribution in [3.63, 3.8) is 0 Å². The van der Waals surface area contributed by atoms with E-state index in [1.54, 1.807) is 6.92 Å². The summed E-state index contributed by atoms with van der Waals surface area (Å²) in [5.74, 6) is -3.59. The molecule has 0 aliphatic carbocycles. The zero-order valence-corrected chi connectivity index (χ0v) is 9.41. The predicted octanol–water partition coefficient (Wildman–Crippen LogP) is 2.88. The standard InChI is InChI=1S/C12H9F2NO3/c1-2-9-10(12(16)17)18-11(15-9)6-3-4-7(13)8(14)5-6/h3-5H,2H2,1H3,(H,16,17). The van der Waals surface area contributed by atoms with Crippen LogP contribution in [-0.4, -0.2) is 16.1 Å². The molecule has 0 amide bonds. The van der Waals surface area contributed by atoms with Crippen LogP contribution in [0.3, 0.4) is 0 Å². The summed E-state index contributed by atoms with van der Waals surface area (Å²) < 4.78 is 30.9. The molecule has 0 radical (unpaired) electrons. The van der Waals surface area contributed by atoms with Crippen LogP contribution in [0.15, 0.2) is 22.6 Å². The van der Waals surface area contributed by atoms with Crippen LogP contribution in [0.25, 0.3) is 11.5 Å². The van der Waals surface area contributed by atoms with E-state index in [0.29, 0.717) is 6.42 Å². The second-order valence-corrected chi connectivity index (χ2v) is 3.58. The fourth-order valence-electron chi connectivity index (χ4n) is 1.51. The summed E-state index contributed by atoms with van der Waals surface area (Å²) in [5, 5.41) is 8.89. The van der Waals surface area contributed by atoms with Crippen molar-refractivity contribution in [2.75, 3.05) is 0 Å². The zero-order valence-electron chi connectivity index (χ0n) is 9.41. The highest BCUT2D eigenvalue weighted by Gasteiger charge is 2.19. The minimum atomic E-state index is -1.24. The third-order valence-corrected chi connectivity index (χ3v) is 2.39. The van der Waals surface area contributed by atoms with Crippen LogP contribution in [0.5, 0.6) is 0 Å². The minimum Gasteiger partial charge on any atom is -0.475 e. The largest absolute Gasteiger partial charge is 0.475 e. The highest BCUT2D eigenvalue weighted by atomic mass is 19.2. The number of carboxylic acids is 1. The molecule has 0 unspecified atom stereocenters. The third-order valence-electron chi connectivity index (χ3n) is 2.39. The molecule has 0 atom stereocenters. The second-order valence-electron chi connectivity index (χ2n) is 3.58. The van der Waals surface area contributed by atoms with Crippen LogP contribution in [0, 0.1) is 11.6 Å². The Morgan fingerprint density at radius 3 is 2.61 bits per heavy atom. The smallest absolute Gasteiger partial charge is 0.373 e. The second kappa shape index (κ2) is 4.56. The Labute approximate surface area is 101 Å². The predicted molar refractivity (Wildman–Crippen MR) is 58.2 cm³/mol. The average molecular weight is 253 g/mol. The maximum atomic E-state index is 13.1. The Balaban J connectivity index is 2.50. The lowest BCUT2D eigenvalue weighted by molar-refractivity contribution is 0.0662. The molecule has 0 fully saturated rings. The van der Waals surface area contributed by atoms with E-state index in [4.69, 9.17) is 9.52 Å². The van der Waals surface area contributed by atoms with Gasteiger partial charge in [0.15, 0.2) is 11.6 Å². The minimum absolute atomic E-state index is 0.0387. The number of carboxylic acid groups (broad SMARTS) is 1. The van der Waals surface area contributed by atoms with Gasteiger partial charge in [-0.15, -0.1) is 0 Å². The molecule has 1 N–H and O–H groups in total. The normalized spacial score (nSPS) is 10.6. The number of aromatic carboxylic acids is 1. The van der Waals surface area contributed by atoms with Gasteiger partial charge in [-0.2, -0.15) is 0 Å². The van der Waals surface area contributed by atoms with Gasteiger partial charge in [0.25, 0.3) is 0 Å². The molecular formula is C12H9F2NO3. The molecular weight excluding hydrogens is 244 g/mol. The van der Waals surface area contributed by atoms with Crippen molar-refractivity contribution < 1.29 is 23.1 Å². The lowest BCUT2D eigenvalue weighted by Crippen LogP contribution is -1.98. The Kier molecular flexibility index (Phi) is 3.10. The summed E-state index contributed by atoms with van der Waals surface area (Å²) in [4.78, 5) is 14.8. The van der Waals surface area contributed by atoms with Crippen molar-refractivity contribution in [1.29, 1.82) is 0 Å². The molecule has 94 valence electrons. The van der Waals surface area contributed by atoms with E-state index in [1.807, 2.05) is 0 Å². The van der Waals surface area contributed by atoms with Crippen molar-refractivity contribution in [1.82, 2.24) is 4.98 Å². The molecule has 18 heavy (non-hydrogen) atoms. The number of hydrogen-bond acceptors (Lipinski definition) is 3. The van der Waals surface area contributed by atoms with Gasteiger partial charge < -0.3 is 9.52 Å². The SMILES string of the molecule is CCc1nc(-c2ccc(F)c(F)c2)oc1C(=O)O. The summed E-state index contributed by atoms with van der Waals surface area (Å²) in [5.41, 5.74) is 0.457. The highest BCUT2D eigenvalue weighted by Crippen LogP contribution is 2.24. The third kappa shape index (κ3) is 2.09. The fraction of sp³-hybridized carbons (Fsp3) is 0.167. The molecule has 0 aliphatic rings. The lowest BCUT2D eigenvalue weighted by Gasteiger charge is -1.96. The zero-order chi connectivity index (χ0) is 13.3. The number of hydrogen-bond donors (Lipinski definition) is 1. The first-order valence-corrected chi connectivity index (χ1v) is 5.21. The van der Waals surface area contributed by atoms with E-state index < -0.39 is 17.6 Å². The van der Waals surface area contributed by atoms with Gasteiger partial charge in [-0.05, 0) is 24.6 Å². The van der Waals surface area contributed by atoms with Gasteiger partial charge in [-0.1, -0.05) is 6.92 Å². The average Bonchev–Trinajstić information content (AvgIpc) is 2.77. The molecule has 0 bridgehead atoms. The number of benzene rings is 1. The number of aryl methyl sites for hydroxylation is 1. The van der Waals surface area contributed by atoms with E-state index in [-0.39, 0.29) is 22.9 Å². The fourth-order valence-corrected chi connectivity index (χ4v) is 1.51. The van der Waals surface area contributed by atoms with Crippen LogP contribution in [0.2, 0.25) is 0 Å². The van der Waals surface area contributed by atoms with Crippen LogP contribution in [0.4, 0.5) is 8.78 Å². The molecule has 1 aromatic heterocycles. The van der Waals surface area contributed by atoms with E-state index in [2.05, 4.69) is 4.98 Å². The molecule has 0 spiro atoms. The first kappa shape index (κ1) is 12.2. The van der Waals surface area contributed by atoms with Crippen molar-refractivity contribution in [2.45, 2.75) is 13.3 Å². The number of halogens is 2. The molecule has 2 aromatic rings. The van der Waals surface area contributed by atoms with Crippen molar-refractivity contribution in [3.8, 4) is 11.5 Å². The van der Waals surface area contributed by atoms with E-state index >= 15 is 0 Å². The lowest BCUT2D eigenvalue weighted by atomic mass is 10.2. The number of nitrogens with zero attached hydrogens (tertiary/aromatic N) is 1. The van der Waals surface area contributed by atoms with E-state index in [9.17, 15) is 13.6 Å². The Bertz CT molecular complexity index is 607. The summed E-state index contributed by atoms with van der Waals surface area (Å²) in [6, 6.07) is 3.11. The summed E-state index contributed by atoms with van der Waals surface area (Å²) >= 11 is 0. The van der Waals surface area contributed by atoms with Crippen LogP contribution >= 0.6 is 0 Å². The summed E-state index contributed by atoms with van der Waals surface area (Å²) in [6.45, 7) is 1.72. The van der Waals surface area contributed by atoms with Crippen LogP contribution in [0.1, 0.15) is 23.2 Å². The summed E-state index contributed by atoms with van der Waals surface area (Å²) in [7, 11) is 0. The molecule has 1 aromatic carbocycles. The number of aromatic nitrogens is 1. The number of rotatable bonds is 3. The van der Waals surface area contributed by atoms with E-state index in [0.717, 1.165) is 12.1 Å². The molecule has 4 nitrogen and oxygen atoms in total. The highest BCUT2D eigenvalue weighted by molar-refractivity contribution is 5.86. The molecule has 0 aliphatic heterocycles. The summed E-state index contributed by atoms with van der Waals surface area (Å²) in [6.07, 6.45) is 0.370. The Morgan fingerprint density at radius 2 is 2.11 bits per heavy atom. The van der Waals surface area contributed by atoms with Crippen molar-refractivity contribution >= 4 is 5.97 Å². The van der Waals surface area contributed by atoms with Crippen molar-refractivity contribution in [2.24, 2.45) is 0 Å². The molecule has 1 heterocycles. The quantitative estimate of drug-likeness (QED) is 0.913. The van der Waals surface area contributed by atoms with Gasteiger partial charge >= 0.3 is 5.97 Å². The Morgan fingerprint density at radius 1 is 1.39 bits per heavy atom. The van der Waals surface area contributed by atoms with E-state index in [1.165, 1.54) is 6.07 Å². The maximum absolute atomic E-state index is 13.1. The molecule has 2 rings (SSSR count). The van der Waals surface area contributed by atoms with Gasteiger partial charge in [-0.3, -0.25) is 0 Å². The maximum Gasteiger partial charge on any atom is 0.373 e. The monoisotopic (exact) mass is 253 g/mol. The molecule has 0 saturated heterocycles. The van der Waals surface area contributed by atoms with Crippen molar-refractivity contribution in [3.05, 3.63) is 41.3 Å². The van der Waals surface area contributed by atoms with Gasteiger partial charge in [0.05, 0.1) is 5.69 Å². The first-order chi connectivity index (χ1) is 8.52. The van der Waals surface area contributed by atoms with Gasteiger partial charge in [0, 0.05) is 5.56 Å². The van der Waals surface area contributed by atoms with Crippen LogP contribution < -0.4 is 0 Å². The van der Waals surface area contributed by atoms with Crippen LogP contribution in [-0.2, 0) is 6.42 Å². The Hall–Kier alpha value is -2.24.